The van der Waals surface area contributed by atoms with Gasteiger partial charge in [0.2, 0.25) is 0 Å². The molecule has 74 valence electrons. The number of hydrogen-bond acceptors (Lipinski definition) is 2. The fraction of sp³-hybridized carbons (Fsp3) is 0.545. The van der Waals surface area contributed by atoms with Crippen LogP contribution in [0.25, 0.3) is 0 Å². The highest BCUT2D eigenvalue weighted by molar-refractivity contribution is 5.88. The lowest BCUT2D eigenvalue weighted by molar-refractivity contribution is -0.00960. The maximum absolute atomic E-state index is 11.6. The van der Waals surface area contributed by atoms with Gasteiger partial charge in [-0.25, -0.2) is 4.79 Å². The molecule has 3 rings (SSSR count). The van der Waals surface area contributed by atoms with Gasteiger partial charge in [-0.15, -0.1) is 0 Å². The molecule has 14 heavy (non-hydrogen) atoms. The fourth-order valence-electron chi connectivity index (χ4n) is 2.59. The Bertz CT molecular complexity index is 369. The topological polar surface area (TPSA) is 31.2 Å². The van der Waals surface area contributed by atoms with Crippen LogP contribution in [0.5, 0.6) is 0 Å². The maximum atomic E-state index is 11.6. The van der Waals surface area contributed by atoms with Crippen LogP contribution in [0.2, 0.25) is 0 Å². The first kappa shape index (κ1) is 8.09. The first-order valence-corrected chi connectivity index (χ1v) is 5.24. The Balaban J connectivity index is 2.04. The lowest BCUT2D eigenvalue weighted by atomic mass is 9.91. The molecule has 3 nitrogen and oxygen atoms in total. The number of carbonyl (C=O) groups excluding carboxylic acids is 1. The van der Waals surface area contributed by atoms with Gasteiger partial charge in [-0.05, 0) is 31.4 Å². The molecule has 0 aromatic carbocycles. The highest BCUT2D eigenvalue weighted by Crippen LogP contribution is 2.35. The Labute approximate surface area is 82.7 Å². The maximum Gasteiger partial charge on any atom is 0.355 e. The van der Waals surface area contributed by atoms with Gasteiger partial charge in [0.25, 0.3) is 0 Å². The number of esters is 1. The quantitative estimate of drug-likeness (QED) is 0.588. The molecule has 2 atom stereocenters. The van der Waals surface area contributed by atoms with E-state index < -0.39 is 0 Å². The van der Waals surface area contributed by atoms with Crippen molar-refractivity contribution in [1.29, 1.82) is 0 Å². The average molecular weight is 191 g/mol. The molecule has 1 aromatic rings. The number of fused-ring (bicyclic) bond motifs is 3. The highest BCUT2D eigenvalue weighted by atomic mass is 16.5. The van der Waals surface area contributed by atoms with Crippen LogP contribution in [-0.4, -0.2) is 16.6 Å². The Morgan fingerprint density at radius 1 is 1.36 bits per heavy atom. The summed E-state index contributed by atoms with van der Waals surface area (Å²) in [6.45, 7) is 0. The summed E-state index contributed by atoms with van der Waals surface area (Å²) in [6, 6.07) is 4.16. The summed E-state index contributed by atoms with van der Waals surface area (Å²) in [4.78, 5) is 11.6. The standard InChI is InChI=1S/C11H13NO2/c13-11-9-5-3-7-12(9)8-4-1-2-6-10(8)14-11/h3,5,7-8,10H,1-2,4,6H2. The lowest BCUT2D eigenvalue weighted by Gasteiger charge is -2.36. The third kappa shape index (κ3) is 1.01. The van der Waals surface area contributed by atoms with Crippen LogP contribution in [0.15, 0.2) is 18.3 Å². The molecule has 0 bridgehead atoms. The van der Waals surface area contributed by atoms with E-state index in [1.807, 2.05) is 18.3 Å². The molecule has 1 aliphatic heterocycles. The summed E-state index contributed by atoms with van der Waals surface area (Å²) < 4.78 is 7.51. The minimum Gasteiger partial charge on any atom is -0.455 e. The highest BCUT2D eigenvalue weighted by Gasteiger charge is 2.36. The van der Waals surface area contributed by atoms with Crippen LogP contribution in [0.1, 0.15) is 42.2 Å². The van der Waals surface area contributed by atoms with Gasteiger partial charge in [-0.2, -0.15) is 0 Å². The van der Waals surface area contributed by atoms with Crippen LogP contribution in [0.3, 0.4) is 0 Å². The van der Waals surface area contributed by atoms with Crippen LogP contribution < -0.4 is 0 Å². The van der Waals surface area contributed by atoms with E-state index in [1.54, 1.807) is 0 Å². The Kier molecular flexibility index (Phi) is 1.66. The number of ether oxygens (including phenoxy) is 1. The second-order valence-corrected chi connectivity index (χ2v) is 4.10. The van der Waals surface area contributed by atoms with Gasteiger partial charge in [0, 0.05) is 6.20 Å². The van der Waals surface area contributed by atoms with Crippen molar-refractivity contribution in [3.63, 3.8) is 0 Å². The van der Waals surface area contributed by atoms with Gasteiger partial charge >= 0.3 is 5.97 Å². The predicted molar refractivity (Wildman–Crippen MR) is 51.1 cm³/mol. The molecule has 0 amide bonds. The van der Waals surface area contributed by atoms with Crippen molar-refractivity contribution in [3.8, 4) is 0 Å². The fourth-order valence-corrected chi connectivity index (χ4v) is 2.59. The monoisotopic (exact) mass is 191 g/mol. The second-order valence-electron chi connectivity index (χ2n) is 4.10. The largest absolute Gasteiger partial charge is 0.455 e. The van der Waals surface area contributed by atoms with E-state index in [1.165, 1.54) is 12.8 Å². The summed E-state index contributed by atoms with van der Waals surface area (Å²) in [7, 11) is 0. The van der Waals surface area contributed by atoms with E-state index in [-0.39, 0.29) is 12.1 Å². The molecule has 3 heteroatoms. The molecule has 1 saturated carbocycles. The van der Waals surface area contributed by atoms with E-state index in [2.05, 4.69) is 4.57 Å². The molecule has 0 spiro atoms. The zero-order valence-electron chi connectivity index (χ0n) is 7.98. The van der Waals surface area contributed by atoms with Crippen molar-refractivity contribution in [2.24, 2.45) is 0 Å². The smallest absolute Gasteiger partial charge is 0.355 e. The Hall–Kier alpha value is -1.25. The summed E-state index contributed by atoms with van der Waals surface area (Å²) >= 11 is 0. The molecule has 1 aliphatic carbocycles. The van der Waals surface area contributed by atoms with Gasteiger partial charge in [-0.3, -0.25) is 0 Å². The summed E-state index contributed by atoms with van der Waals surface area (Å²) in [6.07, 6.45) is 6.71. The molecule has 1 aromatic heterocycles. The summed E-state index contributed by atoms with van der Waals surface area (Å²) in [5, 5.41) is 0. The number of aromatic nitrogens is 1. The second kappa shape index (κ2) is 2.87. The lowest BCUT2D eigenvalue weighted by Crippen LogP contribution is -2.38. The minimum atomic E-state index is -0.154. The summed E-state index contributed by atoms with van der Waals surface area (Å²) in [5.41, 5.74) is 0.716. The molecule has 2 unspecified atom stereocenters. The zero-order chi connectivity index (χ0) is 9.54. The van der Waals surface area contributed by atoms with Crippen LogP contribution in [0, 0.1) is 0 Å². The minimum absolute atomic E-state index is 0.121. The van der Waals surface area contributed by atoms with E-state index in [9.17, 15) is 4.79 Å². The Morgan fingerprint density at radius 2 is 2.21 bits per heavy atom. The first-order valence-electron chi connectivity index (χ1n) is 5.24. The van der Waals surface area contributed by atoms with Crippen molar-refractivity contribution >= 4 is 5.97 Å². The van der Waals surface area contributed by atoms with Crippen molar-refractivity contribution in [1.82, 2.24) is 4.57 Å². The third-order valence-corrected chi connectivity index (χ3v) is 3.27. The van der Waals surface area contributed by atoms with Gasteiger partial charge in [0.1, 0.15) is 11.8 Å². The van der Waals surface area contributed by atoms with Crippen molar-refractivity contribution in [2.75, 3.05) is 0 Å². The van der Waals surface area contributed by atoms with Gasteiger partial charge in [0.15, 0.2) is 0 Å². The molecule has 0 N–H and O–H groups in total. The third-order valence-electron chi connectivity index (χ3n) is 3.27. The van der Waals surface area contributed by atoms with Crippen LogP contribution >= 0.6 is 0 Å². The zero-order valence-corrected chi connectivity index (χ0v) is 7.98. The molecular formula is C11H13NO2. The molecule has 1 fully saturated rings. The molecular weight excluding hydrogens is 178 g/mol. The van der Waals surface area contributed by atoms with E-state index in [4.69, 9.17) is 4.74 Å². The average Bonchev–Trinajstić information content (AvgIpc) is 2.67. The summed E-state index contributed by atoms with van der Waals surface area (Å²) in [5.74, 6) is -0.154. The normalized spacial score (nSPS) is 30.4. The predicted octanol–water partition coefficient (Wildman–Crippen LogP) is 2.14. The Morgan fingerprint density at radius 3 is 3.14 bits per heavy atom. The molecule has 2 heterocycles. The molecule has 2 aliphatic rings. The van der Waals surface area contributed by atoms with Crippen molar-refractivity contribution in [2.45, 2.75) is 37.8 Å². The SMILES string of the molecule is O=C1OC2CCCCC2n2cccc21. The number of carbonyl (C=O) groups is 1. The van der Waals surface area contributed by atoms with Crippen LogP contribution in [-0.2, 0) is 4.74 Å². The number of rotatable bonds is 0. The number of nitrogens with zero attached hydrogens (tertiary/aromatic N) is 1. The first-order chi connectivity index (χ1) is 6.86. The van der Waals surface area contributed by atoms with E-state index >= 15 is 0 Å². The van der Waals surface area contributed by atoms with E-state index in [0.29, 0.717) is 11.7 Å². The van der Waals surface area contributed by atoms with Crippen LogP contribution in [0.4, 0.5) is 0 Å². The van der Waals surface area contributed by atoms with Gasteiger partial charge in [0.05, 0.1) is 6.04 Å². The van der Waals surface area contributed by atoms with Gasteiger partial charge in [-0.1, -0.05) is 6.42 Å². The molecule has 0 saturated heterocycles. The van der Waals surface area contributed by atoms with Crippen molar-refractivity contribution < 1.29 is 9.53 Å². The molecule has 0 radical (unpaired) electrons. The van der Waals surface area contributed by atoms with Crippen molar-refractivity contribution in [3.05, 3.63) is 24.0 Å². The van der Waals surface area contributed by atoms with E-state index in [0.717, 1.165) is 12.8 Å². The van der Waals surface area contributed by atoms with Gasteiger partial charge < -0.3 is 9.30 Å². The number of hydrogen-bond donors (Lipinski definition) is 0.